The van der Waals surface area contributed by atoms with Crippen LogP contribution < -0.4 is 4.68 Å². The SMILES string of the molecule is Cc1c(-n2ccc[n+]2C)n(-c2c(C(C)C)cccc2C(C)C)c2ccccc12. The molecule has 0 bridgehead atoms. The summed E-state index contributed by atoms with van der Waals surface area (Å²) in [6, 6.07) is 17.6. The first-order valence-corrected chi connectivity index (χ1v) is 10.2. The Kier molecular flexibility index (Phi) is 4.62. The van der Waals surface area contributed by atoms with Gasteiger partial charge in [-0.3, -0.25) is 4.57 Å². The predicted molar refractivity (Wildman–Crippen MR) is 117 cm³/mol. The van der Waals surface area contributed by atoms with Crippen molar-refractivity contribution in [3.63, 3.8) is 0 Å². The fourth-order valence-electron chi connectivity index (χ4n) is 4.30. The second kappa shape index (κ2) is 6.97. The molecule has 0 atom stereocenters. The van der Waals surface area contributed by atoms with Gasteiger partial charge in [0.05, 0.1) is 17.4 Å². The van der Waals surface area contributed by atoms with Gasteiger partial charge in [0.25, 0.3) is 0 Å². The molecule has 3 heteroatoms. The Bertz CT molecular complexity index is 1120. The maximum atomic E-state index is 2.48. The maximum Gasteiger partial charge on any atom is 0.195 e. The summed E-state index contributed by atoms with van der Waals surface area (Å²) in [6.07, 6.45) is 4.24. The van der Waals surface area contributed by atoms with Gasteiger partial charge in [-0.1, -0.05) is 64.1 Å². The zero-order valence-corrected chi connectivity index (χ0v) is 17.8. The number of hydrogen-bond donors (Lipinski definition) is 0. The first-order valence-electron chi connectivity index (χ1n) is 10.2. The zero-order valence-electron chi connectivity index (χ0n) is 17.8. The van der Waals surface area contributed by atoms with E-state index in [1.807, 2.05) is 0 Å². The molecule has 0 fully saturated rings. The predicted octanol–water partition coefficient (Wildman–Crippen LogP) is 5.80. The second-order valence-corrected chi connectivity index (χ2v) is 8.30. The number of aryl methyl sites for hydroxylation is 2. The summed E-state index contributed by atoms with van der Waals surface area (Å²) in [5, 5.41) is 1.31. The van der Waals surface area contributed by atoms with Gasteiger partial charge in [0.15, 0.2) is 19.1 Å². The maximum absolute atomic E-state index is 2.48. The average Bonchev–Trinajstić information content (AvgIpc) is 3.21. The minimum atomic E-state index is 0.446. The lowest BCUT2D eigenvalue weighted by Gasteiger charge is -2.23. The van der Waals surface area contributed by atoms with Crippen molar-refractivity contribution in [3.8, 4) is 11.5 Å². The Balaban J connectivity index is 2.21. The fraction of sp³-hybridized carbons (Fsp3) is 0.320. The lowest BCUT2D eigenvalue weighted by molar-refractivity contribution is -0.744. The van der Waals surface area contributed by atoms with Crippen molar-refractivity contribution in [3.05, 3.63) is 77.6 Å². The summed E-state index contributed by atoms with van der Waals surface area (Å²) >= 11 is 0. The summed E-state index contributed by atoms with van der Waals surface area (Å²) < 4.78 is 6.87. The molecule has 0 unspecified atom stereocenters. The molecule has 0 aliphatic heterocycles. The summed E-state index contributed by atoms with van der Waals surface area (Å²) in [5.74, 6) is 2.10. The normalized spacial score (nSPS) is 11.9. The number of fused-ring (bicyclic) bond motifs is 1. The van der Waals surface area contributed by atoms with E-state index in [1.165, 1.54) is 39.1 Å². The van der Waals surface area contributed by atoms with Crippen LogP contribution in [0.3, 0.4) is 0 Å². The third-order valence-corrected chi connectivity index (χ3v) is 5.75. The minimum absolute atomic E-state index is 0.446. The van der Waals surface area contributed by atoms with E-state index < -0.39 is 0 Å². The highest BCUT2D eigenvalue weighted by molar-refractivity contribution is 5.90. The molecule has 0 aliphatic carbocycles. The van der Waals surface area contributed by atoms with E-state index in [9.17, 15) is 0 Å². The van der Waals surface area contributed by atoms with Gasteiger partial charge in [-0.25, -0.2) is 0 Å². The lowest BCUT2D eigenvalue weighted by atomic mass is 9.92. The van der Waals surface area contributed by atoms with Crippen LogP contribution in [0.2, 0.25) is 0 Å². The van der Waals surface area contributed by atoms with Crippen LogP contribution in [0.5, 0.6) is 0 Å². The zero-order chi connectivity index (χ0) is 20.0. The summed E-state index contributed by atoms with van der Waals surface area (Å²) in [7, 11) is 2.10. The summed E-state index contributed by atoms with van der Waals surface area (Å²) in [6.45, 7) is 11.4. The van der Waals surface area contributed by atoms with Gasteiger partial charge >= 0.3 is 0 Å². The molecule has 2 heterocycles. The molecule has 28 heavy (non-hydrogen) atoms. The van der Waals surface area contributed by atoms with Crippen LogP contribution in [-0.2, 0) is 7.05 Å². The molecule has 4 rings (SSSR count). The van der Waals surface area contributed by atoms with E-state index in [4.69, 9.17) is 0 Å². The Labute approximate surface area is 167 Å². The Morgan fingerprint density at radius 1 is 0.821 bits per heavy atom. The Hall–Kier alpha value is -2.81. The Morgan fingerprint density at radius 2 is 1.46 bits per heavy atom. The number of nitrogens with zero attached hydrogens (tertiary/aromatic N) is 3. The smallest absolute Gasteiger partial charge is 0.195 e. The molecular weight excluding hydrogens is 342 g/mol. The van der Waals surface area contributed by atoms with Gasteiger partial charge in [-0.2, -0.15) is 0 Å². The number of benzene rings is 2. The van der Waals surface area contributed by atoms with Gasteiger partial charge < -0.3 is 0 Å². The fourth-order valence-corrected chi connectivity index (χ4v) is 4.30. The van der Waals surface area contributed by atoms with Gasteiger partial charge in [-0.15, -0.1) is 9.36 Å². The van der Waals surface area contributed by atoms with E-state index in [0.717, 1.165) is 0 Å². The molecule has 2 aromatic heterocycles. The van der Waals surface area contributed by atoms with Crippen molar-refractivity contribution in [2.75, 3.05) is 0 Å². The first-order chi connectivity index (χ1) is 13.4. The molecule has 0 aliphatic rings. The highest BCUT2D eigenvalue weighted by Crippen LogP contribution is 2.38. The van der Waals surface area contributed by atoms with Crippen molar-refractivity contribution < 1.29 is 4.68 Å². The molecule has 0 N–H and O–H groups in total. The number of rotatable bonds is 4. The summed E-state index contributed by atoms with van der Waals surface area (Å²) in [5.41, 5.74) is 6.68. The third kappa shape index (κ3) is 2.77. The molecule has 0 radical (unpaired) electrons. The Morgan fingerprint density at radius 3 is 2.04 bits per heavy atom. The molecule has 4 aromatic rings. The highest BCUT2D eigenvalue weighted by Gasteiger charge is 2.25. The monoisotopic (exact) mass is 372 g/mol. The van der Waals surface area contributed by atoms with E-state index in [0.29, 0.717) is 11.8 Å². The van der Waals surface area contributed by atoms with Gasteiger partial charge in [0.2, 0.25) is 0 Å². The minimum Gasteiger partial charge on any atom is -0.290 e. The quantitative estimate of drug-likeness (QED) is 0.402. The van der Waals surface area contributed by atoms with Crippen LogP contribution >= 0.6 is 0 Å². The molecule has 0 spiro atoms. The van der Waals surface area contributed by atoms with Crippen molar-refractivity contribution in [1.29, 1.82) is 0 Å². The number of aromatic nitrogens is 3. The average molecular weight is 373 g/mol. The van der Waals surface area contributed by atoms with Gasteiger partial charge in [0, 0.05) is 17.0 Å². The molecule has 0 amide bonds. The summed E-state index contributed by atoms with van der Waals surface area (Å²) in [4.78, 5) is 0. The molecular formula is C25H30N3+. The van der Waals surface area contributed by atoms with Crippen LogP contribution in [0.25, 0.3) is 22.4 Å². The van der Waals surface area contributed by atoms with Crippen LogP contribution in [0.4, 0.5) is 0 Å². The third-order valence-electron chi connectivity index (χ3n) is 5.75. The van der Waals surface area contributed by atoms with Crippen LogP contribution in [0, 0.1) is 6.92 Å². The molecule has 0 saturated heterocycles. The van der Waals surface area contributed by atoms with E-state index in [1.54, 1.807) is 0 Å². The van der Waals surface area contributed by atoms with Crippen LogP contribution in [-0.4, -0.2) is 9.25 Å². The molecule has 3 nitrogen and oxygen atoms in total. The van der Waals surface area contributed by atoms with E-state index >= 15 is 0 Å². The van der Waals surface area contributed by atoms with Crippen molar-refractivity contribution in [2.45, 2.75) is 46.5 Å². The van der Waals surface area contributed by atoms with Crippen LogP contribution in [0.15, 0.2) is 60.9 Å². The first kappa shape index (κ1) is 18.5. The van der Waals surface area contributed by atoms with Gasteiger partial charge in [0.1, 0.15) is 0 Å². The molecule has 144 valence electrons. The van der Waals surface area contributed by atoms with Gasteiger partial charge in [-0.05, 0) is 36.0 Å². The topological polar surface area (TPSA) is 13.7 Å². The van der Waals surface area contributed by atoms with Crippen LogP contribution in [0.1, 0.15) is 56.2 Å². The van der Waals surface area contributed by atoms with E-state index in [2.05, 4.69) is 117 Å². The molecule has 0 saturated carbocycles. The standard InChI is InChI=1S/C25H30N3/c1-17(2)20-12-9-13-21(18(3)4)24(20)28-23-14-8-7-11-22(23)19(5)25(28)27-16-10-15-26(27)6/h7-18H,1-6H3/q+1. The number of para-hydroxylation sites is 2. The van der Waals surface area contributed by atoms with Crippen molar-refractivity contribution in [2.24, 2.45) is 7.05 Å². The van der Waals surface area contributed by atoms with Crippen molar-refractivity contribution in [1.82, 2.24) is 9.25 Å². The van der Waals surface area contributed by atoms with Crippen molar-refractivity contribution >= 4 is 10.9 Å². The largest absolute Gasteiger partial charge is 0.290 e. The van der Waals surface area contributed by atoms with E-state index in [-0.39, 0.29) is 0 Å². The second-order valence-electron chi connectivity index (χ2n) is 8.30. The number of hydrogen-bond acceptors (Lipinski definition) is 0. The lowest BCUT2D eigenvalue weighted by Crippen LogP contribution is -2.38. The molecule has 2 aromatic carbocycles. The highest BCUT2D eigenvalue weighted by atomic mass is 15.4.